The van der Waals surface area contributed by atoms with E-state index in [1.807, 2.05) is 30.3 Å². The van der Waals surface area contributed by atoms with E-state index in [4.69, 9.17) is 27.9 Å². The molecule has 0 bridgehead atoms. The van der Waals surface area contributed by atoms with Gasteiger partial charge in [-0.25, -0.2) is 8.42 Å². The number of halogens is 2. The molecule has 0 saturated heterocycles. The van der Waals surface area contributed by atoms with Gasteiger partial charge in [0.05, 0.1) is 17.7 Å². The molecule has 2 amide bonds. The van der Waals surface area contributed by atoms with Crippen molar-refractivity contribution in [3.8, 4) is 5.75 Å². The van der Waals surface area contributed by atoms with E-state index >= 15 is 0 Å². The van der Waals surface area contributed by atoms with E-state index in [-0.39, 0.29) is 29.8 Å². The lowest BCUT2D eigenvalue weighted by Gasteiger charge is -2.35. The standard InChI is InChI=1S/C37H39Cl2N3O5S/c1-47-32-19-21-33(22-20-32)48(45,46)42(31-15-9-4-10-16-31)26-36(43)41(25-28-17-18-29(38)24-34(28)39)35(23-27-11-5-2-6-12-27)37(44)40-30-13-7-3-8-14-30/h2,4-6,9-12,15-22,24,30,35H,3,7-8,13-14,23,25-26H2,1H3,(H,40,44). The largest absolute Gasteiger partial charge is 0.497 e. The molecule has 4 aromatic rings. The Balaban J connectivity index is 1.56. The third kappa shape index (κ3) is 8.89. The van der Waals surface area contributed by atoms with Crippen molar-refractivity contribution in [3.05, 3.63) is 124 Å². The molecule has 1 N–H and O–H groups in total. The van der Waals surface area contributed by atoms with Gasteiger partial charge in [0, 0.05) is 29.1 Å². The number of nitrogens with zero attached hydrogens (tertiary/aromatic N) is 2. The number of benzene rings is 4. The van der Waals surface area contributed by atoms with Gasteiger partial charge in [-0.2, -0.15) is 0 Å². The highest BCUT2D eigenvalue weighted by Crippen LogP contribution is 2.28. The van der Waals surface area contributed by atoms with Crippen molar-refractivity contribution in [2.45, 2.75) is 62.0 Å². The summed E-state index contributed by atoms with van der Waals surface area (Å²) in [7, 11) is -2.74. The summed E-state index contributed by atoms with van der Waals surface area (Å²) in [5.41, 5.74) is 1.73. The van der Waals surface area contributed by atoms with E-state index in [0.717, 1.165) is 42.0 Å². The molecule has 11 heteroatoms. The quantitative estimate of drug-likeness (QED) is 0.158. The molecule has 0 aromatic heterocycles. The summed E-state index contributed by atoms with van der Waals surface area (Å²) in [6.45, 7) is -0.610. The molecule has 1 saturated carbocycles. The zero-order chi connectivity index (χ0) is 34.1. The van der Waals surface area contributed by atoms with Crippen LogP contribution in [0.3, 0.4) is 0 Å². The van der Waals surface area contributed by atoms with Crippen LogP contribution in [-0.2, 0) is 32.6 Å². The molecule has 0 heterocycles. The van der Waals surface area contributed by atoms with Crippen LogP contribution in [0.4, 0.5) is 5.69 Å². The van der Waals surface area contributed by atoms with Crippen LogP contribution in [0, 0.1) is 0 Å². The number of nitrogens with one attached hydrogen (secondary N) is 1. The van der Waals surface area contributed by atoms with E-state index in [0.29, 0.717) is 27.0 Å². The van der Waals surface area contributed by atoms with Crippen LogP contribution in [0.25, 0.3) is 0 Å². The van der Waals surface area contributed by atoms with Crippen molar-refractivity contribution in [2.24, 2.45) is 0 Å². The molecule has 8 nitrogen and oxygen atoms in total. The van der Waals surface area contributed by atoms with Crippen LogP contribution < -0.4 is 14.4 Å². The predicted octanol–water partition coefficient (Wildman–Crippen LogP) is 7.29. The summed E-state index contributed by atoms with van der Waals surface area (Å²) in [5.74, 6) is -0.370. The second-order valence-corrected chi connectivity index (χ2v) is 14.5. The van der Waals surface area contributed by atoms with Gasteiger partial charge in [0.1, 0.15) is 18.3 Å². The number of anilines is 1. The number of carbonyl (C=O) groups excluding carboxylic acids is 2. The molecule has 0 spiro atoms. The SMILES string of the molecule is COc1ccc(S(=O)(=O)N(CC(=O)N(Cc2ccc(Cl)cc2Cl)C(Cc2ccccc2)C(=O)NC2CCCCC2)c2ccccc2)cc1. The Labute approximate surface area is 292 Å². The Kier molecular flexibility index (Phi) is 12.0. The van der Waals surface area contributed by atoms with Crippen molar-refractivity contribution >= 4 is 50.7 Å². The number of carbonyl (C=O) groups is 2. The van der Waals surface area contributed by atoms with Crippen molar-refractivity contribution in [2.75, 3.05) is 18.0 Å². The Hall–Kier alpha value is -4.05. The molecule has 1 fully saturated rings. The Morgan fingerprint density at radius 1 is 0.875 bits per heavy atom. The van der Waals surface area contributed by atoms with Gasteiger partial charge in [-0.3, -0.25) is 13.9 Å². The van der Waals surface area contributed by atoms with Crippen LogP contribution >= 0.6 is 23.2 Å². The van der Waals surface area contributed by atoms with Crippen LogP contribution in [0.2, 0.25) is 10.0 Å². The van der Waals surface area contributed by atoms with Crippen molar-refractivity contribution in [1.82, 2.24) is 10.2 Å². The van der Waals surface area contributed by atoms with Crippen LogP contribution in [0.15, 0.2) is 108 Å². The van der Waals surface area contributed by atoms with Gasteiger partial charge in [-0.05, 0) is 72.5 Å². The fourth-order valence-corrected chi connectivity index (χ4v) is 7.81. The topological polar surface area (TPSA) is 96.0 Å². The molecule has 48 heavy (non-hydrogen) atoms. The van der Waals surface area contributed by atoms with E-state index in [1.54, 1.807) is 60.7 Å². The first kappa shape index (κ1) is 35.3. The maximum absolute atomic E-state index is 14.7. The van der Waals surface area contributed by atoms with Crippen molar-refractivity contribution in [3.63, 3.8) is 0 Å². The lowest BCUT2D eigenvalue weighted by molar-refractivity contribution is -0.140. The maximum Gasteiger partial charge on any atom is 0.264 e. The second kappa shape index (κ2) is 16.4. The zero-order valence-corrected chi connectivity index (χ0v) is 29.1. The fourth-order valence-electron chi connectivity index (χ4n) is 5.93. The molecule has 1 aliphatic rings. The van der Waals surface area contributed by atoms with Gasteiger partial charge in [-0.1, -0.05) is 97.1 Å². The molecular weight excluding hydrogens is 669 g/mol. The monoisotopic (exact) mass is 707 g/mol. The predicted molar refractivity (Wildman–Crippen MR) is 190 cm³/mol. The van der Waals surface area contributed by atoms with Gasteiger partial charge in [0.25, 0.3) is 10.0 Å². The summed E-state index contributed by atoms with van der Waals surface area (Å²) in [6, 6.07) is 27.9. The number of rotatable bonds is 13. The number of amides is 2. The molecule has 1 aliphatic carbocycles. The normalized spacial score (nSPS) is 14.1. The number of sulfonamides is 1. The average molecular weight is 709 g/mol. The minimum atomic E-state index is -4.24. The number of hydrogen-bond donors (Lipinski definition) is 1. The first-order valence-electron chi connectivity index (χ1n) is 16.0. The van der Waals surface area contributed by atoms with Crippen molar-refractivity contribution < 1.29 is 22.7 Å². The molecule has 5 rings (SSSR count). The van der Waals surface area contributed by atoms with Crippen molar-refractivity contribution in [1.29, 1.82) is 0 Å². The minimum absolute atomic E-state index is 0.00291. The van der Waals surface area contributed by atoms with Crippen LogP contribution in [0.5, 0.6) is 5.75 Å². The average Bonchev–Trinajstić information content (AvgIpc) is 3.10. The molecule has 4 aromatic carbocycles. The van der Waals surface area contributed by atoms with E-state index in [2.05, 4.69) is 5.32 Å². The maximum atomic E-state index is 14.7. The highest BCUT2D eigenvalue weighted by atomic mass is 35.5. The van der Waals surface area contributed by atoms with Crippen LogP contribution in [-0.4, -0.2) is 50.9 Å². The van der Waals surface area contributed by atoms with Gasteiger partial charge in [0.15, 0.2) is 0 Å². The molecule has 1 unspecified atom stereocenters. The summed E-state index contributed by atoms with van der Waals surface area (Å²) < 4.78 is 34.7. The summed E-state index contributed by atoms with van der Waals surface area (Å²) in [6.07, 6.45) is 5.11. The first-order valence-corrected chi connectivity index (χ1v) is 18.1. The van der Waals surface area contributed by atoms with Crippen LogP contribution in [0.1, 0.15) is 43.2 Å². The summed E-state index contributed by atoms with van der Waals surface area (Å²) in [5, 5.41) is 3.97. The lowest BCUT2D eigenvalue weighted by Crippen LogP contribution is -2.55. The zero-order valence-electron chi connectivity index (χ0n) is 26.7. The third-order valence-corrected chi connectivity index (χ3v) is 10.9. The molecule has 1 atom stereocenters. The third-order valence-electron chi connectivity index (χ3n) is 8.55. The number of methoxy groups -OCH3 is 1. The van der Waals surface area contributed by atoms with E-state index in [9.17, 15) is 18.0 Å². The van der Waals surface area contributed by atoms with Gasteiger partial charge < -0.3 is 15.0 Å². The highest BCUT2D eigenvalue weighted by molar-refractivity contribution is 7.92. The Bertz CT molecular complexity index is 1790. The molecular formula is C37H39Cl2N3O5S. The summed E-state index contributed by atoms with van der Waals surface area (Å²) >= 11 is 12.8. The van der Waals surface area contributed by atoms with Gasteiger partial charge in [0.2, 0.25) is 11.8 Å². The first-order chi connectivity index (χ1) is 23.2. The lowest BCUT2D eigenvalue weighted by atomic mass is 9.94. The van der Waals surface area contributed by atoms with E-state index in [1.165, 1.54) is 24.1 Å². The van der Waals surface area contributed by atoms with Gasteiger partial charge in [-0.15, -0.1) is 0 Å². The Morgan fingerprint density at radius 2 is 1.52 bits per heavy atom. The summed E-state index contributed by atoms with van der Waals surface area (Å²) in [4.78, 5) is 30.3. The molecule has 0 radical (unpaired) electrons. The molecule has 252 valence electrons. The smallest absolute Gasteiger partial charge is 0.264 e. The van der Waals surface area contributed by atoms with E-state index < -0.39 is 28.5 Å². The molecule has 0 aliphatic heterocycles. The van der Waals surface area contributed by atoms with Gasteiger partial charge >= 0.3 is 0 Å². The fraction of sp³-hybridized carbons (Fsp3) is 0.297. The second-order valence-electron chi connectivity index (χ2n) is 11.8. The number of ether oxygens (including phenoxy) is 1. The number of hydrogen-bond acceptors (Lipinski definition) is 5. The number of para-hydroxylation sites is 1. The minimum Gasteiger partial charge on any atom is -0.497 e. The Morgan fingerprint density at radius 3 is 2.15 bits per heavy atom. The highest BCUT2D eigenvalue weighted by Gasteiger charge is 2.35.